The molecule has 1 aromatic rings. The van der Waals surface area contributed by atoms with Crippen molar-refractivity contribution in [2.75, 3.05) is 6.26 Å². The summed E-state index contributed by atoms with van der Waals surface area (Å²) in [4.78, 5) is 1.24. The highest BCUT2D eigenvalue weighted by molar-refractivity contribution is 7.98. The van der Waals surface area contributed by atoms with Gasteiger partial charge in [-0.2, -0.15) is 5.26 Å². The summed E-state index contributed by atoms with van der Waals surface area (Å²) in [5.41, 5.74) is 1.06. The molecule has 12 heavy (non-hydrogen) atoms. The molecule has 0 saturated heterocycles. The average molecular weight is 175 g/mol. The van der Waals surface area contributed by atoms with E-state index in [0.717, 1.165) is 5.56 Å². The van der Waals surface area contributed by atoms with Crippen LogP contribution in [0.2, 0.25) is 0 Å². The molecule has 0 aliphatic rings. The highest BCUT2D eigenvalue weighted by atomic mass is 32.2. The number of nitriles is 1. The van der Waals surface area contributed by atoms with Gasteiger partial charge in [0, 0.05) is 11.0 Å². The minimum Gasteiger partial charge on any atom is -0.193 e. The van der Waals surface area contributed by atoms with E-state index in [0.29, 0.717) is 0 Å². The van der Waals surface area contributed by atoms with Crippen molar-refractivity contribution in [2.45, 2.75) is 4.90 Å². The molecule has 1 aromatic carbocycles. The number of nitrogens with zero attached hydrogens (tertiary/aromatic N) is 1. The molecule has 0 bridgehead atoms. The molecule has 0 radical (unpaired) electrons. The zero-order valence-electron chi connectivity index (χ0n) is 6.82. The number of allylic oxidation sites excluding steroid dienone is 1. The smallest absolute Gasteiger partial charge is 0.0912 e. The highest BCUT2D eigenvalue weighted by Gasteiger charge is 1.88. The van der Waals surface area contributed by atoms with Gasteiger partial charge in [-0.3, -0.25) is 0 Å². The van der Waals surface area contributed by atoms with Crippen LogP contribution in [0.5, 0.6) is 0 Å². The van der Waals surface area contributed by atoms with Crippen molar-refractivity contribution in [1.29, 1.82) is 5.26 Å². The number of benzene rings is 1. The number of thioether (sulfide) groups is 1. The fourth-order valence-electron chi connectivity index (χ4n) is 0.849. The molecule has 0 heterocycles. The van der Waals surface area contributed by atoms with E-state index in [2.05, 4.69) is 0 Å². The Balaban J connectivity index is 2.79. The first-order valence-corrected chi connectivity index (χ1v) is 4.79. The van der Waals surface area contributed by atoms with Crippen LogP contribution < -0.4 is 0 Å². The van der Waals surface area contributed by atoms with Crippen molar-refractivity contribution >= 4 is 17.8 Å². The molecule has 1 nitrogen and oxygen atoms in total. The summed E-state index contributed by atoms with van der Waals surface area (Å²) in [5, 5.41) is 8.29. The van der Waals surface area contributed by atoms with Crippen LogP contribution in [0, 0.1) is 11.3 Å². The molecule has 0 spiro atoms. The zero-order chi connectivity index (χ0) is 8.81. The van der Waals surface area contributed by atoms with Crippen LogP contribution in [0.3, 0.4) is 0 Å². The van der Waals surface area contributed by atoms with Crippen LogP contribution in [-0.4, -0.2) is 6.26 Å². The first-order chi connectivity index (χ1) is 5.86. The molecule has 0 aromatic heterocycles. The third kappa shape index (κ3) is 2.44. The average Bonchev–Trinajstić information content (AvgIpc) is 2.15. The van der Waals surface area contributed by atoms with Crippen LogP contribution in [-0.2, 0) is 0 Å². The van der Waals surface area contributed by atoms with Crippen molar-refractivity contribution in [3.8, 4) is 6.07 Å². The van der Waals surface area contributed by atoms with E-state index in [4.69, 9.17) is 5.26 Å². The summed E-state index contributed by atoms with van der Waals surface area (Å²) in [5.74, 6) is 0. The first kappa shape index (κ1) is 8.89. The third-order valence-electron chi connectivity index (χ3n) is 1.47. The van der Waals surface area contributed by atoms with Crippen LogP contribution in [0.4, 0.5) is 0 Å². The highest BCUT2D eigenvalue weighted by Crippen LogP contribution is 2.15. The second-order valence-corrected chi connectivity index (χ2v) is 3.12. The van der Waals surface area contributed by atoms with Gasteiger partial charge in [0.2, 0.25) is 0 Å². The zero-order valence-corrected chi connectivity index (χ0v) is 7.64. The monoisotopic (exact) mass is 175 g/mol. The van der Waals surface area contributed by atoms with Crippen molar-refractivity contribution in [1.82, 2.24) is 0 Å². The number of hydrogen-bond acceptors (Lipinski definition) is 2. The van der Waals surface area contributed by atoms with Gasteiger partial charge in [-0.1, -0.05) is 12.1 Å². The van der Waals surface area contributed by atoms with Crippen molar-refractivity contribution in [3.63, 3.8) is 0 Å². The molecule has 0 saturated carbocycles. The molecule has 60 valence electrons. The second kappa shape index (κ2) is 4.63. The van der Waals surface area contributed by atoms with Crippen molar-refractivity contribution in [3.05, 3.63) is 35.9 Å². The summed E-state index contributed by atoms with van der Waals surface area (Å²) in [6.45, 7) is 0. The lowest BCUT2D eigenvalue weighted by Crippen LogP contribution is -1.71. The van der Waals surface area contributed by atoms with Gasteiger partial charge < -0.3 is 0 Å². The Morgan fingerprint density at radius 3 is 2.50 bits per heavy atom. The molecule has 0 fully saturated rings. The summed E-state index contributed by atoms with van der Waals surface area (Å²) < 4.78 is 0. The van der Waals surface area contributed by atoms with E-state index in [1.54, 1.807) is 17.8 Å². The fraction of sp³-hybridized carbons (Fsp3) is 0.100. The van der Waals surface area contributed by atoms with Crippen molar-refractivity contribution < 1.29 is 0 Å². The molecule has 0 aliphatic carbocycles. The van der Waals surface area contributed by atoms with E-state index in [1.807, 2.05) is 36.6 Å². The van der Waals surface area contributed by atoms with Gasteiger partial charge in [0.25, 0.3) is 0 Å². The predicted molar refractivity (Wildman–Crippen MR) is 52.9 cm³/mol. The largest absolute Gasteiger partial charge is 0.193 e. The Labute approximate surface area is 76.7 Å². The number of rotatable bonds is 2. The van der Waals surface area contributed by atoms with Crippen molar-refractivity contribution in [2.24, 2.45) is 0 Å². The third-order valence-corrected chi connectivity index (χ3v) is 2.21. The molecule has 2 heteroatoms. The molecule has 0 unspecified atom stereocenters. The predicted octanol–water partition coefficient (Wildman–Crippen LogP) is 2.95. The molecular formula is C10H9NS. The lowest BCUT2D eigenvalue weighted by Gasteiger charge is -1.95. The molecular weight excluding hydrogens is 166 g/mol. The Morgan fingerprint density at radius 1 is 1.33 bits per heavy atom. The van der Waals surface area contributed by atoms with E-state index >= 15 is 0 Å². The molecule has 0 amide bonds. The molecule has 0 atom stereocenters. The number of hydrogen-bond donors (Lipinski definition) is 0. The molecule has 0 aliphatic heterocycles. The van der Waals surface area contributed by atoms with Gasteiger partial charge in [-0.05, 0) is 30.0 Å². The van der Waals surface area contributed by atoms with Gasteiger partial charge >= 0.3 is 0 Å². The SMILES string of the molecule is CSc1ccc(/C=C/C#N)cc1. The van der Waals surface area contributed by atoms with E-state index < -0.39 is 0 Å². The molecule has 0 N–H and O–H groups in total. The fourth-order valence-corrected chi connectivity index (χ4v) is 1.26. The topological polar surface area (TPSA) is 23.8 Å². The maximum absolute atomic E-state index is 8.29. The summed E-state index contributed by atoms with van der Waals surface area (Å²) in [6.07, 6.45) is 5.32. The van der Waals surface area contributed by atoms with Gasteiger partial charge in [-0.15, -0.1) is 11.8 Å². The minimum absolute atomic E-state index is 1.06. The van der Waals surface area contributed by atoms with Crippen LogP contribution in [0.25, 0.3) is 6.08 Å². The Bertz CT molecular complexity index is 306. The van der Waals surface area contributed by atoms with Crippen LogP contribution in [0.1, 0.15) is 5.56 Å². The van der Waals surface area contributed by atoms with Gasteiger partial charge in [0.05, 0.1) is 6.07 Å². The van der Waals surface area contributed by atoms with Gasteiger partial charge in [0.15, 0.2) is 0 Å². The van der Waals surface area contributed by atoms with Gasteiger partial charge in [-0.25, -0.2) is 0 Å². The quantitative estimate of drug-likeness (QED) is 0.509. The van der Waals surface area contributed by atoms with Gasteiger partial charge in [0.1, 0.15) is 0 Å². The first-order valence-electron chi connectivity index (χ1n) is 3.57. The summed E-state index contributed by atoms with van der Waals surface area (Å²) >= 11 is 1.71. The lowest BCUT2D eigenvalue weighted by molar-refractivity contribution is 1.45. The Hall–Kier alpha value is -1.20. The normalized spacial score (nSPS) is 10.0. The van der Waals surface area contributed by atoms with E-state index in [9.17, 15) is 0 Å². The molecule has 1 rings (SSSR count). The summed E-state index contributed by atoms with van der Waals surface area (Å²) in [6, 6.07) is 10.0. The standard InChI is InChI=1S/C10H9NS/c1-12-10-6-4-9(5-7-10)3-2-8-11/h2-7H,1H3/b3-2+. The van der Waals surface area contributed by atoms with Crippen LogP contribution in [0.15, 0.2) is 35.2 Å². The second-order valence-electron chi connectivity index (χ2n) is 2.24. The lowest BCUT2D eigenvalue weighted by atomic mass is 10.2. The minimum atomic E-state index is 1.06. The van der Waals surface area contributed by atoms with Crippen LogP contribution >= 0.6 is 11.8 Å². The maximum Gasteiger partial charge on any atom is 0.0912 e. The summed E-state index contributed by atoms with van der Waals surface area (Å²) in [7, 11) is 0. The Kier molecular flexibility index (Phi) is 3.43. The van der Waals surface area contributed by atoms with E-state index in [1.165, 1.54) is 11.0 Å². The maximum atomic E-state index is 8.29. The van der Waals surface area contributed by atoms with E-state index in [-0.39, 0.29) is 0 Å². The Morgan fingerprint density at radius 2 is 2.00 bits per heavy atom.